The van der Waals surface area contributed by atoms with Gasteiger partial charge in [0.05, 0.1) is 6.10 Å². The summed E-state index contributed by atoms with van der Waals surface area (Å²) >= 11 is 12.0. The van der Waals surface area contributed by atoms with Crippen molar-refractivity contribution in [2.24, 2.45) is 0 Å². The minimum absolute atomic E-state index is 0.101. The Hall–Kier alpha value is -1.82. The number of benzene rings is 1. The van der Waals surface area contributed by atoms with Gasteiger partial charge in [0.15, 0.2) is 0 Å². The molecule has 2 N–H and O–H groups in total. The highest BCUT2D eigenvalue weighted by atomic mass is 35.5. The Kier molecular flexibility index (Phi) is 5.56. The van der Waals surface area contributed by atoms with Gasteiger partial charge in [0.25, 0.3) is 5.91 Å². The molecule has 126 valence electrons. The summed E-state index contributed by atoms with van der Waals surface area (Å²) in [5, 5.41) is 7.09. The lowest BCUT2D eigenvalue weighted by Gasteiger charge is -2.11. The molecule has 7 heteroatoms. The average molecular weight is 366 g/mol. The molecule has 1 atom stereocenters. The lowest BCUT2D eigenvalue weighted by molar-refractivity contribution is 0.0854. The molecule has 1 amide bonds. The topological polar surface area (TPSA) is 63.2 Å². The highest BCUT2D eigenvalue weighted by molar-refractivity contribution is 6.35. The number of ether oxygens (including phenoxy) is 1. The second-order valence-electron chi connectivity index (χ2n) is 5.56. The number of nitrogens with one attached hydrogen (secondary N) is 2. The predicted molar refractivity (Wildman–Crippen MR) is 95.3 cm³/mol. The molecular formula is C17H17Cl2N3O2. The van der Waals surface area contributed by atoms with E-state index < -0.39 is 0 Å². The number of pyridine rings is 1. The summed E-state index contributed by atoms with van der Waals surface area (Å²) in [5.74, 6) is -0.224. The summed E-state index contributed by atoms with van der Waals surface area (Å²) in [4.78, 5) is 16.3. The molecule has 0 spiro atoms. The average Bonchev–Trinajstić information content (AvgIpc) is 3.05. The van der Waals surface area contributed by atoms with Gasteiger partial charge in [-0.2, -0.15) is 0 Å². The molecule has 1 aliphatic heterocycles. The van der Waals surface area contributed by atoms with Crippen molar-refractivity contribution in [3.8, 4) is 0 Å². The summed E-state index contributed by atoms with van der Waals surface area (Å²) in [6, 6.07) is 8.62. The zero-order chi connectivity index (χ0) is 16.9. The monoisotopic (exact) mass is 365 g/mol. The number of carbonyl (C=O) groups excluding carboxylic acids is 1. The smallest absolute Gasteiger partial charge is 0.270 e. The quantitative estimate of drug-likeness (QED) is 0.838. The largest absolute Gasteiger partial charge is 0.376 e. The molecule has 1 fully saturated rings. The van der Waals surface area contributed by atoms with Crippen LogP contribution in [0.5, 0.6) is 0 Å². The van der Waals surface area contributed by atoms with Crippen molar-refractivity contribution in [3.63, 3.8) is 0 Å². The summed E-state index contributed by atoms with van der Waals surface area (Å²) in [5.41, 5.74) is 1.81. The Morgan fingerprint density at radius 1 is 1.21 bits per heavy atom. The first-order valence-corrected chi connectivity index (χ1v) is 8.45. The fourth-order valence-corrected chi connectivity index (χ4v) is 3.05. The number of amides is 1. The van der Waals surface area contributed by atoms with Crippen LogP contribution < -0.4 is 10.6 Å². The summed E-state index contributed by atoms with van der Waals surface area (Å²) in [7, 11) is 0. The molecule has 1 aromatic carbocycles. The zero-order valence-electron chi connectivity index (χ0n) is 12.9. The van der Waals surface area contributed by atoms with Gasteiger partial charge in [-0.05, 0) is 43.2 Å². The maximum atomic E-state index is 12.2. The second-order valence-corrected chi connectivity index (χ2v) is 6.43. The van der Waals surface area contributed by atoms with Gasteiger partial charge in [-0.3, -0.25) is 9.78 Å². The van der Waals surface area contributed by atoms with Crippen LogP contribution in [0.15, 0.2) is 36.5 Å². The van der Waals surface area contributed by atoms with Crippen molar-refractivity contribution in [3.05, 3.63) is 52.3 Å². The molecule has 1 aromatic heterocycles. The molecule has 0 aliphatic carbocycles. The number of halogens is 2. The van der Waals surface area contributed by atoms with Gasteiger partial charge in [0.1, 0.15) is 5.69 Å². The molecule has 3 rings (SSSR count). The highest BCUT2D eigenvalue weighted by Crippen LogP contribution is 2.25. The maximum absolute atomic E-state index is 12.2. The summed E-state index contributed by atoms with van der Waals surface area (Å²) in [6.45, 7) is 1.27. The van der Waals surface area contributed by atoms with Crippen LogP contribution in [0.3, 0.4) is 0 Å². The molecule has 5 nitrogen and oxygen atoms in total. The Morgan fingerprint density at radius 3 is 2.71 bits per heavy atom. The first-order valence-electron chi connectivity index (χ1n) is 7.69. The molecule has 0 bridgehead atoms. The van der Waals surface area contributed by atoms with Gasteiger partial charge in [-0.25, -0.2) is 0 Å². The Morgan fingerprint density at radius 2 is 2.00 bits per heavy atom. The molecular weight excluding hydrogens is 349 g/mol. The molecule has 24 heavy (non-hydrogen) atoms. The van der Waals surface area contributed by atoms with Crippen molar-refractivity contribution in [2.75, 3.05) is 18.5 Å². The Balaban J connectivity index is 1.65. The Labute approximate surface area is 150 Å². The fourth-order valence-electron chi connectivity index (χ4n) is 2.53. The van der Waals surface area contributed by atoms with E-state index in [1.165, 1.54) is 0 Å². The van der Waals surface area contributed by atoms with Crippen LogP contribution in [0, 0.1) is 0 Å². The zero-order valence-corrected chi connectivity index (χ0v) is 14.4. The normalized spacial score (nSPS) is 16.8. The number of hydrogen-bond acceptors (Lipinski definition) is 4. The molecule has 0 saturated carbocycles. The number of anilines is 2. The third-order valence-electron chi connectivity index (χ3n) is 3.66. The van der Waals surface area contributed by atoms with E-state index in [0.717, 1.165) is 30.8 Å². The van der Waals surface area contributed by atoms with Crippen LogP contribution in [0.4, 0.5) is 11.4 Å². The van der Waals surface area contributed by atoms with E-state index in [0.29, 0.717) is 22.3 Å². The van der Waals surface area contributed by atoms with E-state index in [4.69, 9.17) is 27.9 Å². The fraction of sp³-hybridized carbons (Fsp3) is 0.294. The third-order valence-corrected chi connectivity index (χ3v) is 4.09. The molecule has 0 radical (unpaired) electrons. The predicted octanol–water partition coefficient (Wildman–Crippen LogP) is 4.04. The number of hydrogen-bond donors (Lipinski definition) is 2. The Bertz CT molecular complexity index is 713. The van der Waals surface area contributed by atoms with Crippen molar-refractivity contribution in [2.45, 2.75) is 18.9 Å². The van der Waals surface area contributed by atoms with Crippen LogP contribution in [-0.2, 0) is 4.74 Å². The minimum Gasteiger partial charge on any atom is -0.376 e. The number of rotatable bonds is 5. The van der Waals surface area contributed by atoms with Crippen LogP contribution in [0.2, 0.25) is 10.0 Å². The van der Waals surface area contributed by atoms with E-state index in [-0.39, 0.29) is 12.0 Å². The summed E-state index contributed by atoms with van der Waals surface area (Å²) < 4.78 is 5.49. The second kappa shape index (κ2) is 7.83. The SMILES string of the molecule is O=C(NCC1CCCO1)c1cc(Nc2cc(Cl)cc(Cl)c2)ccn1. The van der Waals surface area contributed by atoms with E-state index in [1.54, 1.807) is 36.5 Å². The molecule has 1 aliphatic rings. The first kappa shape index (κ1) is 17.0. The van der Waals surface area contributed by atoms with E-state index >= 15 is 0 Å². The first-order chi connectivity index (χ1) is 11.6. The van der Waals surface area contributed by atoms with Crippen LogP contribution in [-0.4, -0.2) is 30.1 Å². The minimum atomic E-state index is -0.224. The van der Waals surface area contributed by atoms with Crippen LogP contribution >= 0.6 is 23.2 Å². The molecule has 2 heterocycles. The standard InChI is InChI=1S/C17H17Cl2N3O2/c18-11-6-12(19)8-14(7-11)22-13-3-4-20-16(9-13)17(23)21-10-15-2-1-5-24-15/h3-4,6-9,15H,1-2,5,10H2,(H,20,22)(H,21,23). The van der Waals surface area contributed by atoms with Gasteiger partial charge in [-0.15, -0.1) is 0 Å². The highest BCUT2D eigenvalue weighted by Gasteiger charge is 2.17. The third kappa shape index (κ3) is 4.60. The van der Waals surface area contributed by atoms with E-state index in [9.17, 15) is 4.79 Å². The number of carbonyl (C=O) groups is 1. The van der Waals surface area contributed by atoms with Crippen molar-refractivity contribution >= 4 is 40.5 Å². The van der Waals surface area contributed by atoms with E-state index in [2.05, 4.69) is 15.6 Å². The lowest BCUT2D eigenvalue weighted by Crippen LogP contribution is -2.32. The molecule has 1 unspecified atom stereocenters. The lowest BCUT2D eigenvalue weighted by atomic mass is 10.2. The van der Waals surface area contributed by atoms with Gasteiger partial charge in [0, 0.05) is 40.8 Å². The summed E-state index contributed by atoms with van der Waals surface area (Å²) in [6.07, 6.45) is 3.70. The molecule has 1 saturated heterocycles. The van der Waals surface area contributed by atoms with Gasteiger partial charge in [0.2, 0.25) is 0 Å². The molecule has 2 aromatic rings. The van der Waals surface area contributed by atoms with Crippen molar-refractivity contribution < 1.29 is 9.53 Å². The van der Waals surface area contributed by atoms with Crippen LogP contribution in [0.1, 0.15) is 23.3 Å². The maximum Gasteiger partial charge on any atom is 0.270 e. The van der Waals surface area contributed by atoms with Crippen molar-refractivity contribution in [1.82, 2.24) is 10.3 Å². The van der Waals surface area contributed by atoms with Gasteiger partial charge < -0.3 is 15.4 Å². The van der Waals surface area contributed by atoms with Crippen LogP contribution in [0.25, 0.3) is 0 Å². The number of nitrogens with zero attached hydrogens (tertiary/aromatic N) is 1. The van der Waals surface area contributed by atoms with Crippen molar-refractivity contribution in [1.29, 1.82) is 0 Å². The number of aromatic nitrogens is 1. The van der Waals surface area contributed by atoms with Gasteiger partial charge in [-0.1, -0.05) is 23.2 Å². The van der Waals surface area contributed by atoms with E-state index in [1.807, 2.05) is 0 Å². The van der Waals surface area contributed by atoms with Gasteiger partial charge >= 0.3 is 0 Å².